The average Bonchev–Trinajstić information content (AvgIpc) is 3.71. The van der Waals surface area contributed by atoms with E-state index in [9.17, 15) is 0 Å². The summed E-state index contributed by atoms with van der Waals surface area (Å²) in [6, 6.07) is 70.4. The molecule has 0 fully saturated rings. The highest BCUT2D eigenvalue weighted by Crippen LogP contribution is 2.42. The first-order valence-corrected chi connectivity index (χ1v) is 17.2. The molecular weight excluding hydrogens is 605 g/mol. The number of hydrogen-bond acceptors (Lipinski definition) is 0. The monoisotopic (exact) mass is 636 g/mol. The number of rotatable bonds is 5. The van der Waals surface area contributed by atoms with Gasteiger partial charge in [0.15, 0.2) is 0 Å². The molecule has 0 spiro atoms. The molecule has 0 amide bonds. The average molecular weight is 637 g/mol. The van der Waals surface area contributed by atoms with Crippen molar-refractivity contribution in [2.45, 2.75) is 0 Å². The van der Waals surface area contributed by atoms with Gasteiger partial charge in [0.05, 0.1) is 22.1 Å². The highest BCUT2D eigenvalue weighted by molar-refractivity contribution is 6.17. The van der Waals surface area contributed by atoms with Gasteiger partial charge in [0, 0.05) is 32.9 Å². The van der Waals surface area contributed by atoms with Gasteiger partial charge in [0.1, 0.15) is 0 Å². The van der Waals surface area contributed by atoms with Crippen molar-refractivity contribution in [3.63, 3.8) is 0 Å². The number of benzene rings is 8. The van der Waals surface area contributed by atoms with Crippen molar-refractivity contribution in [1.29, 1.82) is 0 Å². The fraction of sp³-hybridized carbons (Fsp3) is 0. The Morgan fingerprint density at radius 2 is 0.820 bits per heavy atom. The third-order valence-corrected chi connectivity index (χ3v) is 10.1. The lowest BCUT2D eigenvalue weighted by molar-refractivity contribution is 1.18. The maximum absolute atomic E-state index is 2.45. The van der Waals surface area contributed by atoms with Gasteiger partial charge in [-0.25, -0.2) is 0 Å². The lowest BCUT2D eigenvalue weighted by atomic mass is 9.94. The van der Waals surface area contributed by atoms with Gasteiger partial charge in [-0.2, -0.15) is 0 Å². The molecule has 0 aliphatic rings. The van der Waals surface area contributed by atoms with Gasteiger partial charge >= 0.3 is 0 Å². The maximum Gasteiger partial charge on any atom is 0.0547 e. The molecule has 0 aliphatic carbocycles. The predicted octanol–water partition coefficient (Wildman–Crippen LogP) is 12.9. The van der Waals surface area contributed by atoms with Crippen LogP contribution in [0, 0.1) is 0 Å². The second-order valence-electron chi connectivity index (χ2n) is 12.9. The molecule has 2 aromatic heterocycles. The van der Waals surface area contributed by atoms with Crippen LogP contribution in [0.1, 0.15) is 0 Å². The van der Waals surface area contributed by atoms with Crippen LogP contribution in [-0.4, -0.2) is 9.13 Å². The van der Waals surface area contributed by atoms with Crippen LogP contribution >= 0.6 is 0 Å². The number of hydrogen-bond donors (Lipinski definition) is 0. The summed E-state index contributed by atoms with van der Waals surface area (Å²) in [5.74, 6) is 0. The van der Waals surface area contributed by atoms with E-state index in [-0.39, 0.29) is 0 Å². The largest absolute Gasteiger partial charge is 0.309 e. The molecule has 234 valence electrons. The summed E-state index contributed by atoms with van der Waals surface area (Å²) in [5, 5.41) is 5.03. The first kappa shape index (κ1) is 28.4. The van der Waals surface area contributed by atoms with Crippen LogP contribution in [0.2, 0.25) is 0 Å². The van der Waals surface area contributed by atoms with Crippen LogP contribution in [0.4, 0.5) is 0 Å². The van der Waals surface area contributed by atoms with E-state index < -0.39 is 0 Å². The zero-order valence-corrected chi connectivity index (χ0v) is 27.4. The van der Waals surface area contributed by atoms with Gasteiger partial charge in [0.2, 0.25) is 0 Å². The van der Waals surface area contributed by atoms with Gasteiger partial charge in [-0.1, -0.05) is 146 Å². The summed E-state index contributed by atoms with van der Waals surface area (Å²) in [6.07, 6.45) is 0. The molecule has 0 saturated heterocycles. The molecular formula is C48H32N2. The zero-order chi connectivity index (χ0) is 33.0. The molecule has 2 heteroatoms. The molecule has 2 heterocycles. The minimum absolute atomic E-state index is 1.14. The zero-order valence-electron chi connectivity index (χ0n) is 27.4. The Morgan fingerprint density at radius 1 is 0.260 bits per heavy atom. The second kappa shape index (κ2) is 11.5. The van der Waals surface area contributed by atoms with E-state index in [1.54, 1.807) is 0 Å². The van der Waals surface area contributed by atoms with Gasteiger partial charge in [-0.05, 0) is 81.9 Å². The summed E-state index contributed by atoms with van der Waals surface area (Å²) in [6.45, 7) is 0. The number of aromatic nitrogens is 2. The summed E-state index contributed by atoms with van der Waals surface area (Å²) < 4.78 is 4.84. The smallest absolute Gasteiger partial charge is 0.0547 e. The summed E-state index contributed by atoms with van der Waals surface area (Å²) in [7, 11) is 0. The SMILES string of the molecule is c1ccc(-c2ccc(-n3c4ccccc4c4ccc(-c5cccc6c5c5ccccc5n6-c5ccccc5)cc43)cc2-c2ccccc2)cc1. The Kier molecular flexibility index (Phi) is 6.53. The lowest BCUT2D eigenvalue weighted by Gasteiger charge is -2.15. The summed E-state index contributed by atoms with van der Waals surface area (Å²) in [5.41, 5.74) is 14.4. The standard InChI is InChI=1S/C48H32N2/c1-4-15-33(16-5-1)38-30-28-37(32-43(38)34-17-6-2-7-18-34)50-44-24-12-10-21-40(44)41-29-27-35(31-47(41)50)39-23-14-26-46-48(39)42-22-11-13-25-45(42)49(46)36-19-8-3-9-20-36/h1-32H. The molecule has 0 aliphatic heterocycles. The molecule has 50 heavy (non-hydrogen) atoms. The maximum atomic E-state index is 2.45. The van der Waals surface area contributed by atoms with Crippen LogP contribution in [0.25, 0.3) is 88.4 Å². The normalized spacial score (nSPS) is 11.6. The van der Waals surface area contributed by atoms with Gasteiger partial charge in [-0.3, -0.25) is 0 Å². The molecule has 0 atom stereocenters. The topological polar surface area (TPSA) is 9.86 Å². The van der Waals surface area contributed by atoms with E-state index in [2.05, 4.69) is 203 Å². The second-order valence-corrected chi connectivity index (χ2v) is 12.9. The first-order chi connectivity index (χ1) is 24.8. The number of fused-ring (bicyclic) bond motifs is 6. The molecule has 8 aromatic carbocycles. The lowest BCUT2D eigenvalue weighted by Crippen LogP contribution is -1.96. The fourth-order valence-electron chi connectivity index (χ4n) is 7.93. The van der Waals surface area contributed by atoms with Crippen molar-refractivity contribution in [1.82, 2.24) is 9.13 Å². The quantitative estimate of drug-likeness (QED) is 0.178. The van der Waals surface area contributed by atoms with E-state index in [0.717, 1.165) is 5.69 Å². The highest BCUT2D eigenvalue weighted by Gasteiger charge is 2.19. The van der Waals surface area contributed by atoms with Crippen molar-refractivity contribution >= 4 is 43.6 Å². The van der Waals surface area contributed by atoms with Crippen LogP contribution in [0.3, 0.4) is 0 Å². The molecule has 2 nitrogen and oxygen atoms in total. The fourth-order valence-corrected chi connectivity index (χ4v) is 7.93. The number of nitrogens with zero attached hydrogens (tertiary/aromatic N) is 2. The van der Waals surface area contributed by atoms with Crippen LogP contribution in [-0.2, 0) is 0 Å². The molecule has 0 N–H and O–H groups in total. The van der Waals surface area contributed by atoms with Crippen LogP contribution in [0.15, 0.2) is 194 Å². The van der Waals surface area contributed by atoms with Crippen LogP contribution in [0.5, 0.6) is 0 Å². The number of para-hydroxylation sites is 3. The van der Waals surface area contributed by atoms with E-state index in [1.165, 1.54) is 82.7 Å². The molecule has 0 saturated carbocycles. The van der Waals surface area contributed by atoms with Crippen LogP contribution < -0.4 is 0 Å². The van der Waals surface area contributed by atoms with Gasteiger partial charge in [-0.15, -0.1) is 0 Å². The van der Waals surface area contributed by atoms with Gasteiger partial charge in [0.25, 0.3) is 0 Å². The Morgan fingerprint density at radius 3 is 1.56 bits per heavy atom. The third-order valence-electron chi connectivity index (χ3n) is 10.1. The molecule has 10 aromatic rings. The first-order valence-electron chi connectivity index (χ1n) is 17.2. The Labute approximate surface area is 290 Å². The van der Waals surface area contributed by atoms with Crippen molar-refractivity contribution in [2.24, 2.45) is 0 Å². The minimum atomic E-state index is 1.14. The molecule has 0 bridgehead atoms. The highest BCUT2D eigenvalue weighted by atomic mass is 15.0. The van der Waals surface area contributed by atoms with E-state index >= 15 is 0 Å². The van der Waals surface area contributed by atoms with Crippen molar-refractivity contribution in [2.75, 3.05) is 0 Å². The van der Waals surface area contributed by atoms with E-state index in [1.807, 2.05) is 0 Å². The van der Waals surface area contributed by atoms with E-state index in [4.69, 9.17) is 0 Å². The Balaban J connectivity index is 1.24. The molecule has 0 unspecified atom stereocenters. The van der Waals surface area contributed by atoms with Crippen molar-refractivity contribution < 1.29 is 0 Å². The third kappa shape index (κ3) is 4.43. The summed E-state index contributed by atoms with van der Waals surface area (Å²) in [4.78, 5) is 0. The van der Waals surface area contributed by atoms with Gasteiger partial charge < -0.3 is 9.13 Å². The Hall–Kier alpha value is -6.64. The molecule has 0 radical (unpaired) electrons. The Bertz CT molecular complexity index is 2840. The summed E-state index contributed by atoms with van der Waals surface area (Å²) >= 11 is 0. The van der Waals surface area contributed by atoms with Crippen molar-refractivity contribution in [3.8, 4) is 44.8 Å². The minimum Gasteiger partial charge on any atom is -0.309 e. The predicted molar refractivity (Wildman–Crippen MR) is 211 cm³/mol. The van der Waals surface area contributed by atoms with E-state index in [0.29, 0.717) is 0 Å². The molecule has 10 rings (SSSR count). The van der Waals surface area contributed by atoms with Crippen molar-refractivity contribution in [3.05, 3.63) is 194 Å².